The van der Waals surface area contributed by atoms with Gasteiger partial charge in [0.05, 0.1) is 17.1 Å². The first-order valence-electron chi connectivity index (χ1n) is 8.70. The van der Waals surface area contributed by atoms with Crippen LogP contribution in [0.5, 0.6) is 0 Å². The van der Waals surface area contributed by atoms with Crippen molar-refractivity contribution in [2.45, 2.75) is 53.0 Å². The van der Waals surface area contributed by atoms with E-state index >= 15 is 0 Å². The third kappa shape index (κ3) is 3.36. The summed E-state index contributed by atoms with van der Waals surface area (Å²) in [6.45, 7) is 12.6. The number of imidazole rings is 1. The molecular weight excluding hydrogens is 310 g/mol. The second-order valence-electron chi connectivity index (χ2n) is 7.77. The van der Waals surface area contributed by atoms with Gasteiger partial charge >= 0.3 is 0 Å². The quantitative estimate of drug-likeness (QED) is 0.767. The summed E-state index contributed by atoms with van der Waals surface area (Å²) in [5, 5.41) is 3.55. The average Bonchev–Trinajstić information content (AvgIpc) is 2.84. The zero-order valence-corrected chi connectivity index (χ0v) is 16.2. The summed E-state index contributed by atoms with van der Waals surface area (Å²) >= 11 is 0. The number of aryl methyl sites for hydroxylation is 3. The van der Waals surface area contributed by atoms with Crippen LogP contribution >= 0.6 is 0 Å². The lowest BCUT2D eigenvalue weighted by molar-refractivity contribution is 0.526. The molecule has 0 saturated heterocycles. The summed E-state index contributed by atoms with van der Waals surface area (Å²) in [6.07, 6.45) is 1.91. The van der Waals surface area contributed by atoms with E-state index in [0.29, 0.717) is 0 Å². The van der Waals surface area contributed by atoms with Crippen LogP contribution in [-0.4, -0.2) is 19.5 Å². The molecule has 0 aliphatic carbocycles. The van der Waals surface area contributed by atoms with Crippen molar-refractivity contribution >= 4 is 16.7 Å². The minimum Gasteiger partial charge on any atom is -0.378 e. The highest BCUT2D eigenvalue weighted by molar-refractivity contribution is 5.80. The van der Waals surface area contributed by atoms with Crippen LogP contribution in [0.4, 0.5) is 5.69 Å². The first-order chi connectivity index (χ1) is 11.7. The molecule has 0 aliphatic heterocycles. The summed E-state index contributed by atoms with van der Waals surface area (Å²) in [6, 6.07) is 6.48. The van der Waals surface area contributed by atoms with Crippen molar-refractivity contribution in [3.05, 3.63) is 47.3 Å². The molecule has 0 fully saturated rings. The third-order valence-electron chi connectivity index (χ3n) is 4.54. The monoisotopic (exact) mass is 337 g/mol. The number of aromatic nitrogens is 4. The van der Waals surface area contributed by atoms with E-state index in [4.69, 9.17) is 4.98 Å². The number of benzene rings is 1. The molecule has 25 heavy (non-hydrogen) atoms. The highest BCUT2D eigenvalue weighted by Gasteiger charge is 2.21. The molecule has 0 amide bonds. The minimum absolute atomic E-state index is 0.0189. The molecule has 0 saturated carbocycles. The van der Waals surface area contributed by atoms with Crippen LogP contribution in [0.2, 0.25) is 0 Å². The van der Waals surface area contributed by atoms with Crippen LogP contribution in [0.15, 0.2) is 24.4 Å². The maximum absolute atomic E-state index is 4.85. The van der Waals surface area contributed by atoms with Gasteiger partial charge in [0.2, 0.25) is 0 Å². The normalized spacial score (nSPS) is 13.2. The van der Waals surface area contributed by atoms with Crippen molar-refractivity contribution in [1.29, 1.82) is 0 Å². The van der Waals surface area contributed by atoms with E-state index in [-0.39, 0.29) is 11.5 Å². The number of anilines is 1. The molecular formula is C20H27N5. The van der Waals surface area contributed by atoms with Gasteiger partial charge in [-0.1, -0.05) is 20.8 Å². The van der Waals surface area contributed by atoms with Crippen molar-refractivity contribution < 1.29 is 0 Å². The number of nitrogens with one attached hydrogen (secondary N) is 1. The number of nitrogens with zero attached hydrogens (tertiary/aromatic N) is 4. The molecule has 5 heteroatoms. The van der Waals surface area contributed by atoms with Gasteiger partial charge in [0, 0.05) is 35.6 Å². The number of rotatable bonds is 3. The smallest absolute Gasteiger partial charge is 0.125 e. The topological polar surface area (TPSA) is 55.6 Å². The van der Waals surface area contributed by atoms with Gasteiger partial charge in [-0.2, -0.15) is 0 Å². The summed E-state index contributed by atoms with van der Waals surface area (Å²) in [5.41, 5.74) is 5.37. The van der Waals surface area contributed by atoms with E-state index in [1.165, 1.54) is 0 Å². The number of hydrogen-bond donors (Lipinski definition) is 1. The molecule has 0 aliphatic rings. The fourth-order valence-corrected chi connectivity index (χ4v) is 3.31. The fourth-order valence-electron chi connectivity index (χ4n) is 3.31. The van der Waals surface area contributed by atoms with Gasteiger partial charge in [-0.15, -0.1) is 0 Å². The van der Waals surface area contributed by atoms with E-state index in [9.17, 15) is 0 Å². The van der Waals surface area contributed by atoms with Gasteiger partial charge in [0.25, 0.3) is 0 Å². The standard InChI is InChI=1S/C20H27N5/c1-12-16(11-21-14(3)22-12)13(2)23-15-8-9-18-17(10-15)24-19(25(18)7)20(4,5)6/h8-11,13,23H,1-7H3. The van der Waals surface area contributed by atoms with Gasteiger partial charge in [0.1, 0.15) is 11.6 Å². The predicted molar refractivity (Wildman–Crippen MR) is 103 cm³/mol. The summed E-state index contributed by atoms with van der Waals surface area (Å²) < 4.78 is 2.18. The zero-order chi connectivity index (χ0) is 18.4. The molecule has 132 valence electrons. The molecule has 5 nitrogen and oxygen atoms in total. The molecule has 1 atom stereocenters. The Balaban J connectivity index is 1.92. The molecule has 2 heterocycles. The van der Waals surface area contributed by atoms with Crippen molar-refractivity contribution in [2.75, 3.05) is 5.32 Å². The van der Waals surface area contributed by atoms with E-state index < -0.39 is 0 Å². The predicted octanol–water partition coefficient (Wildman–Crippen LogP) is 4.45. The number of hydrogen-bond acceptors (Lipinski definition) is 4. The highest BCUT2D eigenvalue weighted by Crippen LogP contribution is 2.28. The van der Waals surface area contributed by atoms with E-state index in [2.05, 4.69) is 72.8 Å². The van der Waals surface area contributed by atoms with Crippen LogP contribution in [0.1, 0.15) is 56.6 Å². The lowest BCUT2D eigenvalue weighted by atomic mass is 9.96. The van der Waals surface area contributed by atoms with E-state index in [1.54, 1.807) is 0 Å². The van der Waals surface area contributed by atoms with Crippen LogP contribution in [0.3, 0.4) is 0 Å². The van der Waals surface area contributed by atoms with Gasteiger partial charge in [-0.3, -0.25) is 0 Å². The van der Waals surface area contributed by atoms with Gasteiger partial charge in [-0.25, -0.2) is 15.0 Å². The zero-order valence-electron chi connectivity index (χ0n) is 16.2. The molecule has 1 unspecified atom stereocenters. The molecule has 3 aromatic rings. The maximum Gasteiger partial charge on any atom is 0.125 e. The highest BCUT2D eigenvalue weighted by atomic mass is 15.1. The fraction of sp³-hybridized carbons (Fsp3) is 0.450. The summed E-state index contributed by atoms with van der Waals surface area (Å²) in [4.78, 5) is 13.6. The Hall–Kier alpha value is -2.43. The van der Waals surface area contributed by atoms with Gasteiger partial charge < -0.3 is 9.88 Å². The molecule has 3 rings (SSSR count). The molecule has 1 aromatic carbocycles. The van der Waals surface area contributed by atoms with Crippen molar-refractivity contribution in [2.24, 2.45) is 7.05 Å². The molecule has 2 aromatic heterocycles. The van der Waals surface area contributed by atoms with Crippen LogP contribution in [-0.2, 0) is 12.5 Å². The Bertz CT molecular complexity index is 918. The minimum atomic E-state index is 0.0189. The Morgan fingerprint density at radius 1 is 1.12 bits per heavy atom. The largest absolute Gasteiger partial charge is 0.378 e. The first-order valence-corrected chi connectivity index (χ1v) is 8.70. The average molecular weight is 337 g/mol. The van der Waals surface area contributed by atoms with Crippen molar-refractivity contribution in [3.8, 4) is 0 Å². The Morgan fingerprint density at radius 3 is 2.48 bits per heavy atom. The summed E-state index contributed by atoms with van der Waals surface area (Å²) in [5.74, 6) is 1.90. The molecule has 0 spiro atoms. The van der Waals surface area contributed by atoms with Crippen LogP contribution in [0.25, 0.3) is 11.0 Å². The lowest BCUT2D eigenvalue weighted by Crippen LogP contribution is -2.17. The van der Waals surface area contributed by atoms with Crippen LogP contribution in [0, 0.1) is 13.8 Å². The summed E-state index contributed by atoms with van der Waals surface area (Å²) in [7, 11) is 2.08. The Morgan fingerprint density at radius 2 is 1.84 bits per heavy atom. The number of fused-ring (bicyclic) bond motifs is 1. The van der Waals surface area contributed by atoms with Crippen molar-refractivity contribution in [3.63, 3.8) is 0 Å². The molecule has 1 N–H and O–H groups in total. The first kappa shape index (κ1) is 17.4. The third-order valence-corrected chi connectivity index (χ3v) is 4.54. The maximum atomic E-state index is 4.85. The second kappa shape index (κ2) is 6.14. The Labute approximate surface area is 149 Å². The lowest BCUT2D eigenvalue weighted by Gasteiger charge is -2.17. The second-order valence-corrected chi connectivity index (χ2v) is 7.77. The SMILES string of the molecule is Cc1ncc(C(C)Nc2ccc3c(c2)nc(C(C)(C)C)n3C)c(C)n1. The van der Waals surface area contributed by atoms with E-state index in [0.717, 1.165) is 39.6 Å². The Kier molecular flexibility index (Phi) is 4.27. The van der Waals surface area contributed by atoms with Gasteiger partial charge in [0.15, 0.2) is 0 Å². The molecule has 0 radical (unpaired) electrons. The molecule has 0 bridgehead atoms. The van der Waals surface area contributed by atoms with E-state index in [1.807, 2.05) is 20.0 Å². The van der Waals surface area contributed by atoms with Crippen LogP contribution < -0.4 is 5.32 Å². The van der Waals surface area contributed by atoms with Crippen molar-refractivity contribution in [1.82, 2.24) is 19.5 Å². The van der Waals surface area contributed by atoms with Gasteiger partial charge in [-0.05, 0) is 39.0 Å².